The third kappa shape index (κ3) is 3.88. The molecular formula is C21H21N5O3S2. The number of nitrogens with one attached hydrogen (secondary N) is 1. The van der Waals surface area contributed by atoms with Crippen molar-refractivity contribution >= 4 is 55.4 Å². The van der Waals surface area contributed by atoms with Crippen LogP contribution in [0, 0.1) is 0 Å². The van der Waals surface area contributed by atoms with Crippen LogP contribution in [0.3, 0.4) is 0 Å². The van der Waals surface area contributed by atoms with Gasteiger partial charge in [0, 0.05) is 25.2 Å². The lowest BCUT2D eigenvalue weighted by molar-refractivity contribution is -0.113. The van der Waals surface area contributed by atoms with Crippen molar-refractivity contribution in [1.82, 2.24) is 19.1 Å². The van der Waals surface area contributed by atoms with Crippen molar-refractivity contribution in [3.8, 4) is 0 Å². The quantitative estimate of drug-likeness (QED) is 0.464. The molecule has 4 aromatic rings. The van der Waals surface area contributed by atoms with Gasteiger partial charge in [-0.25, -0.2) is 14.8 Å². The summed E-state index contributed by atoms with van der Waals surface area (Å²) in [5.74, 6) is -0.0279. The van der Waals surface area contributed by atoms with Gasteiger partial charge < -0.3 is 5.32 Å². The number of thiazole rings is 1. The van der Waals surface area contributed by atoms with Crippen LogP contribution in [0.5, 0.6) is 0 Å². The molecule has 0 spiro atoms. The van der Waals surface area contributed by atoms with E-state index in [9.17, 15) is 14.4 Å². The second kappa shape index (κ2) is 8.27. The molecule has 0 saturated carbocycles. The Balaban J connectivity index is 1.68. The van der Waals surface area contributed by atoms with Gasteiger partial charge >= 0.3 is 5.69 Å². The van der Waals surface area contributed by atoms with Crippen molar-refractivity contribution in [2.24, 2.45) is 14.1 Å². The fourth-order valence-electron chi connectivity index (χ4n) is 3.30. The molecule has 4 rings (SSSR count). The fraction of sp³-hybridized carbons (Fsp3) is 0.286. The zero-order chi connectivity index (χ0) is 22.3. The highest BCUT2D eigenvalue weighted by molar-refractivity contribution is 8.00. The van der Waals surface area contributed by atoms with E-state index in [1.54, 1.807) is 13.2 Å². The molecule has 0 radical (unpaired) electrons. The molecule has 3 heterocycles. The molecule has 8 nitrogen and oxygen atoms in total. The Morgan fingerprint density at radius 3 is 2.65 bits per heavy atom. The molecule has 3 aromatic heterocycles. The van der Waals surface area contributed by atoms with E-state index in [2.05, 4.69) is 15.3 Å². The topological polar surface area (TPSA) is 98.9 Å². The lowest BCUT2D eigenvalue weighted by atomic mass is 10.0. The third-order valence-corrected chi connectivity index (χ3v) is 7.05. The monoisotopic (exact) mass is 455 g/mol. The van der Waals surface area contributed by atoms with Gasteiger partial charge in [-0.1, -0.05) is 37.3 Å². The van der Waals surface area contributed by atoms with Gasteiger partial charge in [0.05, 0.1) is 21.4 Å². The number of thioether (sulfide) groups is 1. The minimum absolute atomic E-state index is 0.0914. The number of aromatic nitrogens is 4. The van der Waals surface area contributed by atoms with E-state index in [1.165, 1.54) is 34.7 Å². The number of aryl methyl sites for hydroxylation is 1. The SMILES string of the molecule is CC(C)c1cnc2c(c1SCC(=O)Nc1nc3ccccc3s1)c(=O)n(C)c(=O)n2C. The predicted molar refractivity (Wildman–Crippen MR) is 125 cm³/mol. The smallest absolute Gasteiger partial charge is 0.301 e. The molecule has 0 fully saturated rings. The standard InChI is InChI=1S/C21H21N5O3S2/c1-11(2)12-9-22-18-16(19(28)26(4)21(29)25(18)3)17(12)30-10-15(27)24-20-23-13-7-5-6-8-14(13)31-20/h5-9,11H,10H2,1-4H3,(H,23,24,27). The molecule has 0 unspecified atom stereocenters. The maximum Gasteiger partial charge on any atom is 0.332 e. The molecule has 1 N–H and O–H groups in total. The highest BCUT2D eigenvalue weighted by Gasteiger charge is 2.20. The Morgan fingerprint density at radius 1 is 1.19 bits per heavy atom. The van der Waals surface area contributed by atoms with Crippen LogP contribution in [-0.2, 0) is 18.9 Å². The van der Waals surface area contributed by atoms with Crippen LogP contribution in [0.25, 0.3) is 21.3 Å². The summed E-state index contributed by atoms with van der Waals surface area (Å²) in [4.78, 5) is 47.3. The summed E-state index contributed by atoms with van der Waals surface area (Å²) in [6, 6.07) is 7.68. The highest BCUT2D eigenvalue weighted by atomic mass is 32.2. The van der Waals surface area contributed by atoms with E-state index in [4.69, 9.17) is 0 Å². The minimum atomic E-state index is -0.438. The average Bonchev–Trinajstić information content (AvgIpc) is 3.16. The van der Waals surface area contributed by atoms with Crippen LogP contribution in [0.4, 0.5) is 5.13 Å². The van der Waals surface area contributed by atoms with E-state index in [0.29, 0.717) is 21.1 Å². The summed E-state index contributed by atoms with van der Waals surface area (Å²) >= 11 is 2.68. The Labute approximate surface area is 186 Å². The van der Waals surface area contributed by atoms with Crippen LogP contribution in [0.2, 0.25) is 0 Å². The van der Waals surface area contributed by atoms with Gasteiger partial charge in [-0.05, 0) is 23.6 Å². The largest absolute Gasteiger partial charge is 0.332 e. The zero-order valence-corrected chi connectivity index (χ0v) is 19.1. The first-order chi connectivity index (χ1) is 14.8. The second-order valence-corrected chi connectivity index (χ2v) is 9.44. The van der Waals surface area contributed by atoms with E-state index in [-0.39, 0.29) is 17.6 Å². The number of fused-ring (bicyclic) bond motifs is 2. The lowest BCUT2D eigenvalue weighted by Gasteiger charge is -2.16. The predicted octanol–water partition coefficient (Wildman–Crippen LogP) is 3.10. The minimum Gasteiger partial charge on any atom is -0.301 e. The van der Waals surface area contributed by atoms with Gasteiger partial charge in [0.15, 0.2) is 5.13 Å². The van der Waals surface area contributed by atoms with Crippen molar-refractivity contribution in [2.45, 2.75) is 24.7 Å². The number of anilines is 1. The molecule has 160 valence electrons. The molecule has 0 aliphatic carbocycles. The zero-order valence-electron chi connectivity index (χ0n) is 17.5. The number of benzene rings is 1. The van der Waals surface area contributed by atoms with Crippen molar-refractivity contribution < 1.29 is 4.79 Å². The molecule has 0 bridgehead atoms. The van der Waals surface area contributed by atoms with E-state index >= 15 is 0 Å². The fourth-order valence-corrected chi connectivity index (χ4v) is 5.31. The first-order valence-corrected chi connectivity index (χ1v) is 11.4. The molecule has 10 heteroatoms. The molecule has 0 saturated heterocycles. The van der Waals surface area contributed by atoms with Gasteiger partial charge in [-0.2, -0.15) is 0 Å². The normalized spacial score (nSPS) is 11.5. The Hall–Kier alpha value is -2.98. The van der Waals surface area contributed by atoms with Crippen LogP contribution in [0.1, 0.15) is 25.3 Å². The van der Waals surface area contributed by atoms with Crippen molar-refractivity contribution in [1.29, 1.82) is 0 Å². The number of pyridine rings is 1. The van der Waals surface area contributed by atoms with Crippen molar-refractivity contribution in [3.63, 3.8) is 0 Å². The van der Waals surface area contributed by atoms with Gasteiger partial charge in [0.25, 0.3) is 5.56 Å². The molecule has 0 aliphatic rings. The Bertz CT molecular complexity index is 1400. The van der Waals surface area contributed by atoms with Crippen LogP contribution < -0.4 is 16.6 Å². The van der Waals surface area contributed by atoms with E-state index in [0.717, 1.165) is 20.3 Å². The van der Waals surface area contributed by atoms with Gasteiger partial charge in [0.2, 0.25) is 5.91 Å². The van der Waals surface area contributed by atoms with Crippen LogP contribution >= 0.6 is 23.1 Å². The number of para-hydroxylation sites is 1. The van der Waals surface area contributed by atoms with Gasteiger partial charge in [0.1, 0.15) is 5.65 Å². The molecule has 31 heavy (non-hydrogen) atoms. The Kier molecular flexibility index (Phi) is 5.67. The maximum absolute atomic E-state index is 12.9. The molecular weight excluding hydrogens is 434 g/mol. The molecule has 1 aromatic carbocycles. The number of carbonyl (C=O) groups is 1. The van der Waals surface area contributed by atoms with Gasteiger partial charge in [-0.15, -0.1) is 11.8 Å². The summed E-state index contributed by atoms with van der Waals surface area (Å²) in [6.45, 7) is 4.00. The first-order valence-electron chi connectivity index (χ1n) is 9.64. The highest BCUT2D eigenvalue weighted by Crippen LogP contribution is 2.33. The summed E-state index contributed by atoms with van der Waals surface area (Å²) in [7, 11) is 3.03. The van der Waals surface area contributed by atoms with Crippen LogP contribution in [-0.4, -0.2) is 30.8 Å². The molecule has 0 aliphatic heterocycles. The van der Waals surface area contributed by atoms with Crippen LogP contribution in [0.15, 0.2) is 44.9 Å². The summed E-state index contributed by atoms with van der Waals surface area (Å²) in [5.41, 5.74) is 1.16. The summed E-state index contributed by atoms with van der Waals surface area (Å²) < 4.78 is 3.42. The van der Waals surface area contributed by atoms with E-state index < -0.39 is 11.2 Å². The number of amides is 1. The van der Waals surface area contributed by atoms with E-state index in [1.807, 2.05) is 38.1 Å². The lowest BCUT2D eigenvalue weighted by Crippen LogP contribution is -2.37. The Morgan fingerprint density at radius 2 is 1.94 bits per heavy atom. The average molecular weight is 456 g/mol. The van der Waals surface area contributed by atoms with Crippen molar-refractivity contribution in [3.05, 3.63) is 56.9 Å². The first kappa shape index (κ1) is 21.3. The summed E-state index contributed by atoms with van der Waals surface area (Å²) in [6.07, 6.45) is 1.68. The second-order valence-electron chi connectivity index (χ2n) is 7.43. The van der Waals surface area contributed by atoms with Crippen molar-refractivity contribution in [2.75, 3.05) is 11.1 Å². The summed E-state index contributed by atoms with van der Waals surface area (Å²) in [5, 5.41) is 3.73. The van der Waals surface area contributed by atoms with Gasteiger partial charge in [-0.3, -0.25) is 18.7 Å². The molecule has 0 atom stereocenters. The number of rotatable bonds is 5. The number of hydrogen-bond donors (Lipinski definition) is 1. The number of nitrogens with zero attached hydrogens (tertiary/aromatic N) is 4. The maximum atomic E-state index is 12.9. The molecule has 1 amide bonds. The number of carbonyl (C=O) groups excluding carboxylic acids is 1. The third-order valence-electron chi connectivity index (χ3n) is 4.96. The number of hydrogen-bond acceptors (Lipinski definition) is 7.